The van der Waals surface area contributed by atoms with Crippen LogP contribution in [-0.4, -0.2) is 33.6 Å². The summed E-state index contributed by atoms with van der Waals surface area (Å²) in [7, 11) is -5.68. The Bertz CT molecular complexity index is 1240. The topological polar surface area (TPSA) is 55.8 Å². The molecule has 0 N–H and O–H groups in total. The average Bonchev–Trinajstić information content (AvgIpc) is 2.77. The molecule has 0 heterocycles. The van der Waals surface area contributed by atoms with Gasteiger partial charge in [0.15, 0.2) is 0 Å². The molecule has 1 atom stereocenters. The van der Waals surface area contributed by atoms with Crippen LogP contribution in [0.25, 0.3) is 0 Å². The molecule has 0 saturated heterocycles. The molecule has 0 aromatic heterocycles. The fourth-order valence-electron chi connectivity index (χ4n) is 3.30. The summed E-state index contributed by atoms with van der Waals surface area (Å²) in [5, 5.41) is 0. The lowest BCUT2D eigenvalue weighted by Crippen LogP contribution is -2.27. The first kappa shape index (κ1) is 26.9. The van der Waals surface area contributed by atoms with Crippen molar-refractivity contribution in [3.8, 4) is 5.75 Å². The van der Waals surface area contributed by atoms with Gasteiger partial charge in [-0.2, -0.15) is 25.2 Å². The van der Waals surface area contributed by atoms with Crippen LogP contribution in [0.1, 0.15) is 20.8 Å². The summed E-state index contributed by atoms with van der Waals surface area (Å²) in [6.07, 6.45) is 0. The lowest BCUT2D eigenvalue weighted by atomic mass is 10.2. The predicted octanol–water partition coefficient (Wildman–Crippen LogP) is 6.99. The highest BCUT2D eigenvalue weighted by Gasteiger charge is 2.52. The Morgan fingerprint density at radius 3 is 1.60 bits per heavy atom. The molecule has 0 fully saturated rings. The molecule has 0 spiro atoms. The average molecular weight is 528 g/mol. The van der Waals surface area contributed by atoms with Gasteiger partial charge in [0.05, 0.1) is 0 Å². The standard InChI is InChI=1S/C25H28F3NO4S2/c1-24(2,3)32-20-13-17-23(18-14-20)34(21-9-7-6-8-10-21,33-35(30,31)25(26,27)28)22-15-11-19(12-16-22)29(4)5/h6-18H,1-5H3. The van der Waals surface area contributed by atoms with Gasteiger partial charge < -0.3 is 9.64 Å². The number of anilines is 1. The first-order chi connectivity index (χ1) is 16.2. The summed E-state index contributed by atoms with van der Waals surface area (Å²) in [4.78, 5) is 2.70. The van der Waals surface area contributed by atoms with E-state index in [4.69, 9.17) is 8.37 Å². The van der Waals surface area contributed by atoms with Gasteiger partial charge >= 0.3 is 15.6 Å². The lowest BCUT2D eigenvalue weighted by molar-refractivity contribution is -0.0496. The summed E-state index contributed by atoms with van der Waals surface area (Å²) >= 11 is 0. The van der Waals surface area contributed by atoms with Gasteiger partial charge in [-0.15, -0.1) is 0 Å². The molecule has 190 valence electrons. The van der Waals surface area contributed by atoms with Gasteiger partial charge in [0.25, 0.3) is 0 Å². The van der Waals surface area contributed by atoms with Gasteiger partial charge in [0, 0.05) is 34.5 Å². The minimum Gasteiger partial charge on any atom is -0.488 e. The zero-order valence-electron chi connectivity index (χ0n) is 20.0. The van der Waals surface area contributed by atoms with E-state index in [1.54, 1.807) is 78.9 Å². The monoisotopic (exact) mass is 527 g/mol. The highest BCUT2D eigenvalue weighted by molar-refractivity contribution is 8.33. The third-order valence-electron chi connectivity index (χ3n) is 4.81. The fraction of sp³-hybridized carbons (Fsp3) is 0.280. The number of benzene rings is 3. The summed E-state index contributed by atoms with van der Waals surface area (Å²) in [6.45, 7) is 5.60. The van der Waals surface area contributed by atoms with Gasteiger partial charge in [0.2, 0.25) is 0 Å². The normalized spacial score (nSPS) is 15.2. The van der Waals surface area contributed by atoms with Crippen LogP contribution in [0.3, 0.4) is 0 Å². The molecule has 3 aromatic rings. The van der Waals surface area contributed by atoms with Crippen molar-refractivity contribution in [3.05, 3.63) is 78.9 Å². The molecule has 0 aliphatic rings. The second-order valence-electron chi connectivity index (χ2n) is 8.91. The smallest absolute Gasteiger partial charge is 0.488 e. The molecule has 3 rings (SSSR count). The number of alkyl halides is 3. The maximum Gasteiger partial charge on any atom is 0.524 e. The van der Waals surface area contributed by atoms with Crippen molar-refractivity contribution in [2.24, 2.45) is 0 Å². The zero-order chi connectivity index (χ0) is 26.1. The number of rotatable bonds is 7. The van der Waals surface area contributed by atoms with Crippen molar-refractivity contribution in [2.75, 3.05) is 19.0 Å². The van der Waals surface area contributed by atoms with Crippen molar-refractivity contribution in [3.63, 3.8) is 0 Å². The molecule has 0 amide bonds. The highest BCUT2D eigenvalue weighted by Crippen LogP contribution is 2.70. The maximum absolute atomic E-state index is 13.6. The van der Waals surface area contributed by atoms with Crippen molar-refractivity contribution >= 4 is 26.1 Å². The Balaban J connectivity index is 2.32. The zero-order valence-corrected chi connectivity index (χ0v) is 21.7. The number of ether oxygens (including phenoxy) is 1. The van der Waals surface area contributed by atoms with E-state index in [0.717, 1.165) is 5.69 Å². The van der Waals surface area contributed by atoms with Crippen LogP contribution in [0.5, 0.6) is 5.75 Å². The number of nitrogens with zero attached hydrogens (tertiary/aromatic N) is 1. The third kappa shape index (κ3) is 5.94. The third-order valence-corrected chi connectivity index (χ3v) is 9.72. The fourth-order valence-corrected chi connectivity index (χ4v) is 8.02. The van der Waals surface area contributed by atoms with Gasteiger partial charge in [-0.3, -0.25) is 0 Å². The molecule has 3 aromatic carbocycles. The van der Waals surface area contributed by atoms with Crippen LogP contribution in [-0.2, 0) is 13.7 Å². The Labute approximate surface area is 206 Å². The van der Waals surface area contributed by atoms with E-state index < -0.39 is 31.5 Å². The first-order valence-corrected chi connectivity index (χ1v) is 13.6. The van der Waals surface area contributed by atoms with Crippen LogP contribution in [0.2, 0.25) is 0 Å². The molecule has 0 aliphatic carbocycles. The summed E-state index contributed by atoms with van der Waals surface area (Å²) in [6, 6.07) is 21.0. The van der Waals surface area contributed by atoms with Crippen LogP contribution in [0.15, 0.2) is 93.5 Å². The molecule has 0 radical (unpaired) electrons. The van der Waals surface area contributed by atoms with Gasteiger partial charge in [0.1, 0.15) is 11.4 Å². The van der Waals surface area contributed by atoms with E-state index in [1.165, 1.54) is 0 Å². The molecule has 1 unspecified atom stereocenters. The Morgan fingerprint density at radius 1 is 0.714 bits per heavy atom. The quantitative estimate of drug-likeness (QED) is 0.310. The summed E-state index contributed by atoms with van der Waals surface area (Å²) < 4.78 is 76.8. The van der Waals surface area contributed by atoms with Gasteiger partial charge in [-0.25, -0.2) is 0 Å². The predicted molar refractivity (Wildman–Crippen MR) is 132 cm³/mol. The number of hydrogen-bond donors (Lipinski definition) is 0. The molecule has 35 heavy (non-hydrogen) atoms. The number of halogens is 3. The van der Waals surface area contributed by atoms with Crippen LogP contribution in [0.4, 0.5) is 18.9 Å². The minimum absolute atomic E-state index is 0.274. The SMILES string of the molecule is CN(C)c1ccc(S(OS(=O)(=O)C(F)(F)F)(c2ccccc2)c2ccc(OC(C)(C)C)cc2)cc1. The van der Waals surface area contributed by atoms with E-state index >= 15 is 0 Å². The van der Waals surface area contributed by atoms with Crippen LogP contribution >= 0.6 is 10.3 Å². The second kappa shape index (κ2) is 9.75. The molecule has 0 saturated carbocycles. The van der Waals surface area contributed by atoms with Gasteiger partial charge in [-0.05, 0) is 91.7 Å². The van der Waals surface area contributed by atoms with Crippen LogP contribution in [0, 0.1) is 0 Å². The highest BCUT2D eigenvalue weighted by atomic mass is 32.3. The van der Waals surface area contributed by atoms with Crippen molar-refractivity contribution < 1.29 is 30.0 Å². The summed E-state index contributed by atoms with van der Waals surface area (Å²) in [5.74, 6) is 0.490. The van der Waals surface area contributed by atoms with E-state index in [-0.39, 0.29) is 4.90 Å². The summed E-state index contributed by atoms with van der Waals surface area (Å²) in [5.41, 5.74) is -5.30. The molecule has 0 aliphatic heterocycles. The Kier molecular flexibility index (Phi) is 7.50. The van der Waals surface area contributed by atoms with Crippen molar-refractivity contribution in [1.82, 2.24) is 0 Å². The lowest BCUT2D eigenvalue weighted by Gasteiger charge is -2.39. The molecule has 10 heteroatoms. The Morgan fingerprint density at radius 2 is 1.17 bits per heavy atom. The maximum atomic E-state index is 13.6. The van der Waals surface area contributed by atoms with E-state index in [9.17, 15) is 21.6 Å². The minimum atomic E-state index is -5.97. The first-order valence-electron chi connectivity index (χ1n) is 10.6. The number of hydrogen-bond acceptors (Lipinski definition) is 5. The van der Waals surface area contributed by atoms with Gasteiger partial charge in [-0.1, -0.05) is 18.2 Å². The second-order valence-corrected chi connectivity index (χ2v) is 13.4. The van der Waals surface area contributed by atoms with E-state index in [0.29, 0.717) is 15.5 Å². The largest absolute Gasteiger partial charge is 0.524 e. The van der Waals surface area contributed by atoms with Crippen molar-refractivity contribution in [1.29, 1.82) is 0 Å². The molecule has 5 nitrogen and oxygen atoms in total. The van der Waals surface area contributed by atoms with E-state index in [2.05, 4.69) is 0 Å². The Hall–Kier alpha value is -2.69. The molecular formula is C25H28F3NO4S2. The molecule has 0 bridgehead atoms. The molecular weight excluding hydrogens is 499 g/mol. The van der Waals surface area contributed by atoms with Crippen LogP contribution < -0.4 is 9.64 Å². The van der Waals surface area contributed by atoms with E-state index in [1.807, 2.05) is 39.8 Å². The van der Waals surface area contributed by atoms with Crippen molar-refractivity contribution in [2.45, 2.75) is 46.6 Å².